The van der Waals surface area contributed by atoms with Gasteiger partial charge in [-0.2, -0.15) is 5.26 Å². The number of ether oxygens (including phenoxy) is 1. The zero-order chi connectivity index (χ0) is 23.5. The van der Waals surface area contributed by atoms with Crippen LogP contribution in [0.5, 0.6) is 0 Å². The number of carbonyl (C=O) groups is 1. The van der Waals surface area contributed by atoms with Crippen molar-refractivity contribution in [2.45, 2.75) is 32.9 Å². The van der Waals surface area contributed by atoms with Gasteiger partial charge in [-0.25, -0.2) is 9.78 Å². The van der Waals surface area contributed by atoms with Gasteiger partial charge < -0.3 is 14.7 Å². The van der Waals surface area contributed by atoms with E-state index in [4.69, 9.17) is 4.74 Å². The predicted octanol–water partition coefficient (Wildman–Crippen LogP) is 3.73. The number of halogens is 1. The lowest BCUT2D eigenvalue weighted by atomic mass is 10.0. The van der Waals surface area contributed by atoms with E-state index in [9.17, 15) is 20.0 Å². The average Bonchev–Trinajstić information content (AvgIpc) is 2.73. The molecule has 8 nitrogen and oxygen atoms in total. The summed E-state index contributed by atoms with van der Waals surface area (Å²) in [4.78, 5) is 31.1. The van der Waals surface area contributed by atoms with Gasteiger partial charge in [-0.15, -0.1) is 0 Å². The first kappa shape index (κ1) is 23.4. The minimum atomic E-state index is -0.702. The monoisotopic (exact) mass is 498 g/mol. The number of hydrogen-bond acceptors (Lipinski definition) is 6. The van der Waals surface area contributed by atoms with E-state index in [2.05, 4.69) is 27.0 Å². The Kier molecular flexibility index (Phi) is 6.96. The van der Waals surface area contributed by atoms with Gasteiger partial charge in [0.25, 0.3) is 5.56 Å². The van der Waals surface area contributed by atoms with E-state index in [-0.39, 0.29) is 30.8 Å². The molecule has 2 heterocycles. The van der Waals surface area contributed by atoms with Gasteiger partial charge in [0.15, 0.2) is 0 Å². The standard InChI is InChI=1S/C23H23BrN4O4/c1-23(2,3)32-22(31)27(9-10-29)14-16-13-26-20-11-15(7-8-28(20)21(16)30)17-5-4-6-19(24)18(17)12-25/h4-8,11,13,29H,9-10,14H2,1-3H3. The number of benzene rings is 1. The molecule has 32 heavy (non-hydrogen) atoms. The highest BCUT2D eigenvalue weighted by Crippen LogP contribution is 2.29. The van der Waals surface area contributed by atoms with Crippen LogP contribution in [0.4, 0.5) is 4.79 Å². The first-order chi connectivity index (χ1) is 15.1. The van der Waals surface area contributed by atoms with Gasteiger partial charge in [0, 0.05) is 29.0 Å². The molecular formula is C23H23BrN4O4. The summed E-state index contributed by atoms with van der Waals surface area (Å²) in [7, 11) is 0. The number of aliphatic hydroxyl groups is 1. The lowest BCUT2D eigenvalue weighted by molar-refractivity contribution is 0.0200. The van der Waals surface area contributed by atoms with Crippen molar-refractivity contribution in [1.29, 1.82) is 5.26 Å². The first-order valence-electron chi connectivity index (χ1n) is 9.92. The van der Waals surface area contributed by atoms with Crippen LogP contribution in [0.1, 0.15) is 31.9 Å². The van der Waals surface area contributed by atoms with Crippen LogP contribution in [0.25, 0.3) is 16.8 Å². The maximum Gasteiger partial charge on any atom is 0.410 e. The molecule has 0 bridgehead atoms. The fourth-order valence-electron chi connectivity index (χ4n) is 3.16. The van der Waals surface area contributed by atoms with Crippen molar-refractivity contribution in [2.24, 2.45) is 0 Å². The van der Waals surface area contributed by atoms with Crippen molar-refractivity contribution < 1.29 is 14.6 Å². The van der Waals surface area contributed by atoms with Gasteiger partial charge in [0.1, 0.15) is 17.3 Å². The Morgan fingerprint density at radius 1 is 1.34 bits per heavy atom. The molecule has 9 heteroatoms. The topological polar surface area (TPSA) is 108 Å². The Hall–Kier alpha value is -3.22. The molecule has 0 fully saturated rings. The minimum absolute atomic E-state index is 0.0236. The third kappa shape index (κ3) is 5.15. The zero-order valence-electron chi connectivity index (χ0n) is 18.0. The summed E-state index contributed by atoms with van der Waals surface area (Å²) in [6.07, 6.45) is 2.39. The Bertz CT molecular complexity index is 1260. The number of fused-ring (bicyclic) bond motifs is 1. The van der Waals surface area contributed by atoms with Crippen LogP contribution in [0.15, 0.2) is 52.0 Å². The number of aromatic nitrogens is 2. The number of pyridine rings is 1. The summed E-state index contributed by atoms with van der Waals surface area (Å²) in [5, 5.41) is 18.8. The average molecular weight is 499 g/mol. The molecule has 0 aliphatic rings. The van der Waals surface area contributed by atoms with Crippen molar-refractivity contribution in [3.05, 3.63) is 68.7 Å². The zero-order valence-corrected chi connectivity index (χ0v) is 19.6. The number of amides is 1. The van der Waals surface area contributed by atoms with Crippen LogP contribution in [0.2, 0.25) is 0 Å². The highest BCUT2D eigenvalue weighted by molar-refractivity contribution is 9.10. The summed E-state index contributed by atoms with van der Waals surface area (Å²) in [5.41, 5.74) is 1.63. The van der Waals surface area contributed by atoms with Crippen LogP contribution in [-0.2, 0) is 11.3 Å². The normalized spacial score (nSPS) is 11.2. The molecule has 0 aliphatic heterocycles. The van der Waals surface area contributed by atoms with E-state index >= 15 is 0 Å². The molecule has 0 saturated carbocycles. The van der Waals surface area contributed by atoms with Crippen molar-refractivity contribution in [2.75, 3.05) is 13.2 Å². The van der Waals surface area contributed by atoms with E-state index in [0.29, 0.717) is 15.7 Å². The van der Waals surface area contributed by atoms with Crippen LogP contribution < -0.4 is 5.56 Å². The van der Waals surface area contributed by atoms with Crippen molar-refractivity contribution in [3.63, 3.8) is 0 Å². The fourth-order valence-corrected chi connectivity index (χ4v) is 3.61. The SMILES string of the molecule is CC(C)(C)OC(=O)N(CCO)Cc1cnc2cc(-c3cccc(Br)c3C#N)ccn2c1=O. The van der Waals surface area contributed by atoms with Gasteiger partial charge in [-0.3, -0.25) is 9.20 Å². The van der Waals surface area contributed by atoms with Crippen molar-refractivity contribution in [3.8, 4) is 17.2 Å². The molecule has 0 spiro atoms. The fraction of sp³-hybridized carbons (Fsp3) is 0.304. The predicted molar refractivity (Wildman–Crippen MR) is 123 cm³/mol. The molecule has 1 amide bonds. The molecule has 3 rings (SSSR count). The number of rotatable bonds is 5. The molecule has 0 atom stereocenters. The summed E-state index contributed by atoms with van der Waals surface area (Å²) < 4.78 is 7.43. The van der Waals surface area contributed by atoms with Gasteiger partial charge >= 0.3 is 6.09 Å². The van der Waals surface area contributed by atoms with Crippen molar-refractivity contribution in [1.82, 2.24) is 14.3 Å². The quantitative estimate of drug-likeness (QED) is 0.574. The second-order valence-corrected chi connectivity index (χ2v) is 8.99. The van der Waals surface area contributed by atoms with Crippen LogP contribution in [-0.4, -0.2) is 44.2 Å². The molecule has 2 aromatic heterocycles. The first-order valence-corrected chi connectivity index (χ1v) is 10.7. The molecule has 166 valence electrons. The Morgan fingerprint density at radius 3 is 2.75 bits per heavy atom. The van der Waals surface area contributed by atoms with E-state index < -0.39 is 11.7 Å². The molecule has 0 saturated heterocycles. The van der Waals surface area contributed by atoms with Gasteiger partial charge in [-0.05, 0) is 60.5 Å². The molecule has 1 N–H and O–H groups in total. The second kappa shape index (κ2) is 9.51. The Morgan fingerprint density at radius 2 is 2.09 bits per heavy atom. The highest BCUT2D eigenvalue weighted by atomic mass is 79.9. The van der Waals surface area contributed by atoms with E-state index in [1.165, 1.54) is 15.5 Å². The van der Waals surface area contributed by atoms with Crippen LogP contribution in [0.3, 0.4) is 0 Å². The molecular weight excluding hydrogens is 476 g/mol. The Balaban J connectivity index is 1.97. The van der Waals surface area contributed by atoms with Crippen LogP contribution >= 0.6 is 15.9 Å². The van der Waals surface area contributed by atoms with E-state index in [0.717, 1.165) is 11.1 Å². The van der Waals surface area contributed by atoms with Crippen molar-refractivity contribution >= 4 is 27.7 Å². The number of nitriles is 1. The minimum Gasteiger partial charge on any atom is -0.444 e. The molecule has 0 unspecified atom stereocenters. The third-order valence-corrected chi connectivity index (χ3v) is 5.26. The van der Waals surface area contributed by atoms with Gasteiger partial charge in [-0.1, -0.05) is 12.1 Å². The third-order valence-electron chi connectivity index (χ3n) is 4.60. The van der Waals surface area contributed by atoms with E-state index in [1.54, 1.807) is 45.2 Å². The summed E-state index contributed by atoms with van der Waals surface area (Å²) in [6.45, 7) is 4.95. The number of hydrogen-bond donors (Lipinski definition) is 1. The highest BCUT2D eigenvalue weighted by Gasteiger charge is 2.23. The molecule has 3 aromatic rings. The summed E-state index contributed by atoms with van der Waals surface area (Å²) >= 11 is 3.39. The van der Waals surface area contributed by atoms with Gasteiger partial charge in [0.2, 0.25) is 0 Å². The van der Waals surface area contributed by atoms with E-state index in [1.807, 2.05) is 12.1 Å². The number of nitrogens with zero attached hydrogens (tertiary/aromatic N) is 4. The van der Waals surface area contributed by atoms with Crippen LogP contribution in [0, 0.1) is 11.3 Å². The molecule has 0 aliphatic carbocycles. The Labute approximate surface area is 193 Å². The second-order valence-electron chi connectivity index (χ2n) is 8.13. The summed E-state index contributed by atoms with van der Waals surface area (Å²) in [6, 6.07) is 11.1. The summed E-state index contributed by atoms with van der Waals surface area (Å²) in [5.74, 6) is 0. The smallest absolute Gasteiger partial charge is 0.410 e. The number of aliphatic hydroxyl groups excluding tert-OH is 1. The maximum atomic E-state index is 13.0. The van der Waals surface area contributed by atoms with Gasteiger partial charge in [0.05, 0.1) is 24.3 Å². The maximum absolute atomic E-state index is 13.0. The molecule has 1 aromatic carbocycles. The molecule has 0 radical (unpaired) electrons. The lowest BCUT2D eigenvalue weighted by Crippen LogP contribution is -2.39. The lowest BCUT2D eigenvalue weighted by Gasteiger charge is -2.26. The largest absolute Gasteiger partial charge is 0.444 e. The number of carbonyl (C=O) groups excluding carboxylic acids is 1.